The number of carbonyl (C=O) groups is 1. The van der Waals surface area contributed by atoms with Crippen LogP contribution in [-0.2, 0) is 4.74 Å². The van der Waals surface area contributed by atoms with Gasteiger partial charge in [-0.1, -0.05) is 5.16 Å². The number of ether oxygens (including phenoxy) is 1. The van der Waals surface area contributed by atoms with Gasteiger partial charge in [0, 0.05) is 31.7 Å². The Kier molecular flexibility index (Phi) is 4.06. The Balaban J connectivity index is 1.70. The SMILES string of the molecule is CCN(C[C@@H]1CCOC1)C(=O)c1cc(-c2ccco2)on1. The van der Waals surface area contributed by atoms with Gasteiger partial charge in [-0.05, 0) is 25.5 Å². The molecule has 1 fully saturated rings. The normalized spacial score (nSPS) is 18.0. The van der Waals surface area contributed by atoms with E-state index in [4.69, 9.17) is 13.7 Å². The largest absolute Gasteiger partial charge is 0.461 e. The summed E-state index contributed by atoms with van der Waals surface area (Å²) in [6.07, 6.45) is 2.55. The third-order valence-corrected chi connectivity index (χ3v) is 3.66. The number of hydrogen-bond donors (Lipinski definition) is 0. The van der Waals surface area contributed by atoms with Gasteiger partial charge in [0.25, 0.3) is 5.91 Å². The molecule has 1 amide bonds. The zero-order valence-corrected chi connectivity index (χ0v) is 11.9. The standard InChI is InChI=1S/C15H18N2O4/c1-2-17(9-11-5-7-19-10-11)15(18)12-8-14(21-16-12)13-4-3-6-20-13/h3-4,6,8,11H,2,5,7,9-10H2,1H3/t11-/m0/s1. The summed E-state index contributed by atoms with van der Waals surface area (Å²) in [4.78, 5) is 14.3. The highest BCUT2D eigenvalue weighted by molar-refractivity contribution is 5.93. The van der Waals surface area contributed by atoms with Crippen molar-refractivity contribution in [1.29, 1.82) is 0 Å². The van der Waals surface area contributed by atoms with Crippen LogP contribution < -0.4 is 0 Å². The van der Waals surface area contributed by atoms with E-state index >= 15 is 0 Å². The fourth-order valence-corrected chi connectivity index (χ4v) is 2.47. The summed E-state index contributed by atoms with van der Waals surface area (Å²) in [6.45, 7) is 4.79. The van der Waals surface area contributed by atoms with Gasteiger partial charge >= 0.3 is 0 Å². The second-order valence-corrected chi connectivity index (χ2v) is 5.13. The molecule has 0 N–H and O–H groups in total. The number of amides is 1. The van der Waals surface area contributed by atoms with Crippen molar-refractivity contribution >= 4 is 5.91 Å². The van der Waals surface area contributed by atoms with Crippen molar-refractivity contribution in [3.63, 3.8) is 0 Å². The van der Waals surface area contributed by atoms with Gasteiger partial charge in [0.15, 0.2) is 11.5 Å². The molecular formula is C15H18N2O4. The first-order valence-electron chi connectivity index (χ1n) is 7.15. The predicted molar refractivity (Wildman–Crippen MR) is 74.7 cm³/mol. The Hall–Kier alpha value is -2.08. The molecule has 0 bridgehead atoms. The van der Waals surface area contributed by atoms with E-state index < -0.39 is 0 Å². The van der Waals surface area contributed by atoms with Crippen LogP contribution in [0.5, 0.6) is 0 Å². The maximum Gasteiger partial charge on any atom is 0.276 e. The first-order valence-corrected chi connectivity index (χ1v) is 7.15. The molecule has 1 aliphatic heterocycles. The molecule has 0 spiro atoms. The minimum absolute atomic E-state index is 0.119. The molecule has 6 nitrogen and oxygen atoms in total. The maximum atomic E-state index is 12.5. The van der Waals surface area contributed by atoms with Crippen LogP contribution >= 0.6 is 0 Å². The van der Waals surface area contributed by atoms with Crippen molar-refractivity contribution in [2.24, 2.45) is 5.92 Å². The molecule has 0 radical (unpaired) electrons. The molecule has 2 aromatic rings. The molecule has 112 valence electrons. The van der Waals surface area contributed by atoms with E-state index in [1.165, 1.54) is 0 Å². The van der Waals surface area contributed by atoms with Crippen molar-refractivity contribution < 1.29 is 18.5 Å². The second-order valence-electron chi connectivity index (χ2n) is 5.13. The Morgan fingerprint density at radius 3 is 3.05 bits per heavy atom. The summed E-state index contributed by atoms with van der Waals surface area (Å²) < 4.78 is 15.8. The molecular weight excluding hydrogens is 272 g/mol. The molecule has 1 saturated heterocycles. The smallest absolute Gasteiger partial charge is 0.276 e. The van der Waals surface area contributed by atoms with Crippen molar-refractivity contribution in [2.75, 3.05) is 26.3 Å². The predicted octanol–water partition coefficient (Wildman–Crippen LogP) is 2.43. The number of furan rings is 1. The molecule has 0 saturated carbocycles. The Labute approximate surface area is 122 Å². The van der Waals surface area contributed by atoms with Crippen LogP contribution in [0.25, 0.3) is 11.5 Å². The van der Waals surface area contributed by atoms with Gasteiger partial charge in [0.05, 0.1) is 12.9 Å². The third-order valence-electron chi connectivity index (χ3n) is 3.66. The Morgan fingerprint density at radius 1 is 1.48 bits per heavy atom. The average molecular weight is 290 g/mol. The van der Waals surface area contributed by atoms with E-state index in [-0.39, 0.29) is 5.91 Å². The van der Waals surface area contributed by atoms with Crippen LogP contribution in [0.4, 0.5) is 0 Å². The lowest BCUT2D eigenvalue weighted by atomic mass is 10.1. The second kappa shape index (κ2) is 6.13. The minimum Gasteiger partial charge on any atom is -0.461 e. The van der Waals surface area contributed by atoms with Gasteiger partial charge in [0.2, 0.25) is 5.76 Å². The van der Waals surface area contributed by atoms with E-state index in [2.05, 4.69) is 5.16 Å². The van der Waals surface area contributed by atoms with E-state index in [1.807, 2.05) is 6.92 Å². The highest BCUT2D eigenvalue weighted by Crippen LogP contribution is 2.22. The van der Waals surface area contributed by atoms with Crippen molar-refractivity contribution in [1.82, 2.24) is 10.1 Å². The van der Waals surface area contributed by atoms with Crippen LogP contribution in [0.2, 0.25) is 0 Å². The summed E-state index contributed by atoms with van der Waals surface area (Å²) in [5.41, 5.74) is 0.308. The van der Waals surface area contributed by atoms with Crippen molar-refractivity contribution in [2.45, 2.75) is 13.3 Å². The first kappa shape index (κ1) is 13.9. The minimum atomic E-state index is -0.119. The van der Waals surface area contributed by atoms with Crippen LogP contribution in [0.1, 0.15) is 23.8 Å². The monoisotopic (exact) mass is 290 g/mol. The number of rotatable bonds is 5. The van der Waals surface area contributed by atoms with E-state index in [0.717, 1.165) is 19.6 Å². The summed E-state index contributed by atoms with van der Waals surface area (Å²) in [5, 5.41) is 3.86. The molecule has 6 heteroatoms. The van der Waals surface area contributed by atoms with Crippen LogP contribution in [-0.4, -0.2) is 42.3 Å². The summed E-state index contributed by atoms with van der Waals surface area (Å²) >= 11 is 0. The lowest BCUT2D eigenvalue weighted by Crippen LogP contribution is -2.35. The zero-order valence-electron chi connectivity index (χ0n) is 11.9. The zero-order chi connectivity index (χ0) is 14.7. The van der Waals surface area contributed by atoms with Crippen LogP contribution in [0.15, 0.2) is 33.4 Å². The van der Waals surface area contributed by atoms with E-state index in [1.54, 1.807) is 29.4 Å². The van der Waals surface area contributed by atoms with Gasteiger partial charge in [0.1, 0.15) is 0 Å². The number of hydrogen-bond acceptors (Lipinski definition) is 5. The van der Waals surface area contributed by atoms with Gasteiger partial charge in [-0.15, -0.1) is 0 Å². The third kappa shape index (κ3) is 3.00. The Bertz CT molecular complexity index is 585. The van der Waals surface area contributed by atoms with E-state index in [0.29, 0.717) is 36.2 Å². The molecule has 1 aliphatic rings. The molecule has 1 atom stereocenters. The summed E-state index contributed by atoms with van der Waals surface area (Å²) in [7, 11) is 0. The summed E-state index contributed by atoms with van der Waals surface area (Å²) in [6, 6.07) is 5.15. The molecule has 3 heterocycles. The molecule has 2 aromatic heterocycles. The molecule has 0 unspecified atom stereocenters. The molecule has 3 rings (SSSR count). The van der Waals surface area contributed by atoms with Crippen molar-refractivity contribution in [3.8, 4) is 11.5 Å². The highest BCUT2D eigenvalue weighted by atomic mass is 16.5. The number of carbonyl (C=O) groups excluding carboxylic acids is 1. The lowest BCUT2D eigenvalue weighted by Gasteiger charge is -2.22. The van der Waals surface area contributed by atoms with Crippen LogP contribution in [0, 0.1) is 5.92 Å². The number of nitrogens with zero attached hydrogens (tertiary/aromatic N) is 2. The average Bonchev–Trinajstić information content (AvgIpc) is 3.25. The molecule has 21 heavy (non-hydrogen) atoms. The maximum absolute atomic E-state index is 12.5. The fraction of sp³-hybridized carbons (Fsp3) is 0.467. The van der Waals surface area contributed by atoms with Gasteiger partial charge in [-0.3, -0.25) is 4.79 Å². The highest BCUT2D eigenvalue weighted by Gasteiger charge is 2.24. The quantitative estimate of drug-likeness (QED) is 0.846. The topological polar surface area (TPSA) is 68.7 Å². The van der Waals surface area contributed by atoms with Crippen molar-refractivity contribution in [3.05, 3.63) is 30.2 Å². The fourth-order valence-electron chi connectivity index (χ4n) is 2.47. The molecule has 0 aromatic carbocycles. The Morgan fingerprint density at radius 2 is 2.38 bits per heavy atom. The summed E-state index contributed by atoms with van der Waals surface area (Å²) in [5.74, 6) is 1.31. The number of aromatic nitrogens is 1. The van der Waals surface area contributed by atoms with Crippen LogP contribution in [0.3, 0.4) is 0 Å². The lowest BCUT2D eigenvalue weighted by molar-refractivity contribution is 0.0720. The van der Waals surface area contributed by atoms with Gasteiger partial charge < -0.3 is 18.6 Å². The van der Waals surface area contributed by atoms with Gasteiger partial charge in [-0.2, -0.15) is 0 Å². The molecule has 0 aliphatic carbocycles. The first-order chi connectivity index (χ1) is 10.3. The van der Waals surface area contributed by atoms with E-state index in [9.17, 15) is 4.79 Å². The van der Waals surface area contributed by atoms with Gasteiger partial charge in [-0.25, -0.2) is 0 Å².